The van der Waals surface area contributed by atoms with Gasteiger partial charge >= 0.3 is 6.18 Å². The van der Waals surface area contributed by atoms with Crippen LogP contribution < -0.4 is 0 Å². The number of aromatic nitrogens is 1. The van der Waals surface area contributed by atoms with Gasteiger partial charge in [0, 0.05) is 5.25 Å². The summed E-state index contributed by atoms with van der Waals surface area (Å²) in [5, 5.41) is 0.450. The van der Waals surface area contributed by atoms with Crippen LogP contribution in [0.1, 0.15) is 38.8 Å². The standard InChI is InChI=1S/C13H16F3NS2/c1-8(2)19-12-11(17-7-18-12)9-3-5-10(6-4-9)13(14,15)16/h3,7-8,10H,4-6H2,1-2H3. The van der Waals surface area contributed by atoms with E-state index in [0.29, 0.717) is 11.7 Å². The second-order valence-corrected chi connectivity index (χ2v) is 7.60. The van der Waals surface area contributed by atoms with E-state index in [-0.39, 0.29) is 12.8 Å². The number of allylic oxidation sites excluding steroid dienone is 2. The lowest BCUT2D eigenvalue weighted by Crippen LogP contribution is -2.24. The summed E-state index contributed by atoms with van der Waals surface area (Å²) in [4.78, 5) is 4.33. The van der Waals surface area contributed by atoms with Crippen LogP contribution in [0.5, 0.6) is 0 Å². The average Bonchev–Trinajstić information content (AvgIpc) is 2.75. The van der Waals surface area contributed by atoms with Gasteiger partial charge in [-0.25, -0.2) is 4.98 Å². The summed E-state index contributed by atoms with van der Waals surface area (Å²) in [6.07, 6.45) is -1.61. The lowest BCUT2D eigenvalue weighted by molar-refractivity contribution is -0.175. The number of thiazole rings is 1. The zero-order valence-corrected chi connectivity index (χ0v) is 12.5. The molecule has 0 spiro atoms. The first-order chi connectivity index (χ1) is 8.88. The Kier molecular flexibility index (Phi) is 4.61. The molecule has 19 heavy (non-hydrogen) atoms. The van der Waals surface area contributed by atoms with E-state index in [1.165, 1.54) is 0 Å². The summed E-state index contributed by atoms with van der Waals surface area (Å²) in [7, 11) is 0. The summed E-state index contributed by atoms with van der Waals surface area (Å²) in [6.45, 7) is 4.20. The summed E-state index contributed by atoms with van der Waals surface area (Å²) in [5.41, 5.74) is 3.64. The van der Waals surface area contributed by atoms with Crippen LogP contribution in [0, 0.1) is 5.92 Å². The normalized spacial score (nSPS) is 20.7. The molecule has 1 nitrogen and oxygen atoms in total. The van der Waals surface area contributed by atoms with Crippen LogP contribution in [0.15, 0.2) is 15.8 Å². The minimum Gasteiger partial charge on any atom is -0.244 e. The highest BCUT2D eigenvalue weighted by Crippen LogP contribution is 2.42. The third-order valence-corrected chi connectivity index (χ3v) is 5.13. The smallest absolute Gasteiger partial charge is 0.244 e. The summed E-state index contributed by atoms with van der Waals surface area (Å²) in [5.74, 6) is -1.18. The molecule has 1 aliphatic rings. The Balaban J connectivity index is 2.12. The van der Waals surface area contributed by atoms with Crippen LogP contribution in [0.3, 0.4) is 0 Å². The van der Waals surface area contributed by atoms with Crippen LogP contribution >= 0.6 is 23.1 Å². The Bertz CT molecular complexity index is 463. The van der Waals surface area contributed by atoms with Crippen LogP contribution in [-0.4, -0.2) is 16.4 Å². The molecular formula is C13H16F3NS2. The minimum absolute atomic E-state index is 0.0855. The first kappa shape index (κ1) is 14.9. The van der Waals surface area contributed by atoms with Crippen LogP contribution in [0.2, 0.25) is 0 Å². The molecule has 0 saturated heterocycles. The molecule has 6 heteroatoms. The molecule has 1 unspecified atom stereocenters. The highest BCUT2D eigenvalue weighted by atomic mass is 32.2. The molecule has 0 amide bonds. The van der Waals surface area contributed by atoms with Crippen molar-refractivity contribution in [1.29, 1.82) is 0 Å². The molecule has 1 heterocycles. The largest absolute Gasteiger partial charge is 0.392 e. The van der Waals surface area contributed by atoms with Gasteiger partial charge in [-0.15, -0.1) is 23.1 Å². The molecule has 0 radical (unpaired) electrons. The SMILES string of the molecule is CC(C)Sc1scnc1C1=CCC(C(F)(F)F)CC1. The maximum Gasteiger partial charge on any atom is 0.392 e. The van der Waals surface area contributed by atoms with Crippen molar-refractivity contribution in [3.05, 3.63) is 17.3 Å². The summed E-state index contributed by atoms with van der Waals surface area (Å²) in [6, 6.07) is 0. The molecule has 0 aliphatic heterocycles. The van der Waals surface area contributed by atoms with Crippen LogP contribution in [0.25, 0.3) is 5.57 Å². The van der Waals surface area contributed by atoms with E-state index in [9.17, 15) is 13.2 Å². The van der Waals surface area contributed by atoms with Crippen LogP contribution in [0.4, 0.5) is 13.2 Å². The van der Waals surface area contributed by atoms with Crippen molar-refractivity contribution < 1.29 is 13.2 Å². The second kappa shape index (κ2) is 5.87. The Morgan fingerprint density at radius 2 is 2.16 bits per heavy atom. The summed E-state index contributed by atoms with van der Waals surface area (Å²) >= 11 is 3.29. The highest BCUT2D eigenvalue weighted by Gasteiger charge is 2.40. The molecule has 2 rings (SSSR count). The maximum atomic E-state index is 12.6. The van der Waals surface area contributed by atoms with Crippen molar-refractivity contribution in [3.63, 3.8) is 0 Å². The molecular weight excluding hydrogens is 291 g/mol. The topological polar surface area (TPSA) is 12.9 Å². The van der Waals surface area contributed by atoms with Gasteiger partial charge in [-0.3, -0.25) is 0 Å². The van der Waals surface area contributed by atoms with Gasteiger partial charge in [0.2, 0.25) is 0 Å². The van der Waals surface area contributed by atoms with Crippen molar-refractivity contribution in [2.24, 2.45) is 5.92 Å². The molecule has 0 saturated carbocycles. The van der Waals surface area contributed by atoms with Gasteiger partial charge in [-0.2, -0.15) is 13.2 Å². The second-order valence-electron chi connectivity index (χ2n) is 4.90. The van der Waals surface area contributed by atoms with Gasteiger partial charge in [-0.05, 0) is 24.8 Å². The van der Waals surface area contributed by atoms with E-state index >= 15 is 0 Å². The van der Waals surface area contributed by atoms with Crippen molar-refractivity contribution in [3.8, 4) is 0 Å². The number of nitrogens with zero attached hydrogens (tertiary/aromatic N) is 1. The number of thioether (sulfide) groups is 1. The zero-order valence-electron chi connectivity index (χ0n) is 10.8. The molecule has 0 N–H and O–H groups in total. The predicted molar refractivity (Wildman–Crippen MR) is 74.5 cm³/mol. The third kappa shape index (κ3) is 3.75. The fourth-order valence-corrected chi connectivity index (χ4v) is 4.30. The van der Waals surface area contributed by atoms with Crippen molar-refractivity contribution >= 4 is 28.7 Å². The molecule has 0 aromatic carbocycles. The maximum absolute atomic E-state index is 12.6. The average molecular weight is 307 g/mol. The Morgan fingerprint density at radius 3 is 2.68 bits per heavy atom. The Morgan fingerprint density at radius 1 is 1.42 bits per heavy atom. The number of halogens is 3. The fraction of sp³-hybridized carbons (Fsp3) is 0.615. The lowest BCUT2D eigenvalue weighted by Gasteiger charge is -2.23. The number of hydrogen-bond acceptors (Lipinski definition) is 3. The molecule has 1 aliphatic carbocycles. The van der Waals surface area contributed by atoms with Crippen molar-refractivity contribution in [2.75, 3.05) is 0 Å². The lowest BCUT2D eigenvalue weighted by atomic mass is 9.88. The minimum atomic E-state index is -4.07. The quantitative estimate of drug-likeness (QED) is 0.694. The van der Waals surface area contributed by atoms with E-state index in [1.807, 2.05) is 0 Å². The van der Waals surface area contributed by atoms with Gasteiger partial charge in [-0.1, -0.05) is 19.9 Å². The monoisotopic (exact) mass is 307 g/mol. The number of rotatable bonds is 3. The van der Waals surface area contributed by atoms with Gasteiger partial charge in [0.1, 0.15) is 0 Å². The van der Waals surface area contributed by atoms with Gasteiger partial charge in [0.25, 0.3) is 0 Å². The van der Waals surface area contributed by atoms with E-state index in [2.05, 4.69) is 18.8 Å². The molecule has 1 atom stereocenters. The molecule has 1 aromatic rings. The van der Waals surface area contributed by atoms with E-state index < -0.39 is 12.1 Å². The molecule has 0 fully saturated rings. The molecule has 106 valence electrons. The first-order valence-electron chi connectivity index (χ1n) is 6.24. The van der Waals surface area contributed by atoms with E-state index in [4.69, 9.17) is 0 Å². The van der Waals surface area contributed by atoms with Gasteiger partial charge in [0.15, 0.2) is 0 Å². The zero-order chi connectivity index (χ0) is 14.0. The number of alkyl halides is 3. The Hall–Kier alpha value is -0.490. The van der Waals surface area contributed by atoms with Gasteiger partial charge in [0.05, 0.1) is 21.3 Å². The highest BCUT2D eigenvalue weighted by molar-refractivity contribution is 8.01. The first-order valence-corrected chi connectivity index (χ1v) is 8.00. The molecule has 1 aromatic heterocycles. The van der Waals surface area contributed by atoms with Crippen molar-refractivity contribution in [1.82, 2.24) is 4.98 Å². The van der Waals surface area contributed by atoms with Crippen molar-refractivity contribution in [2.45, 2.75) is 48.7 Å². The fourth-order valence-electron chi connectivity index (χ4n) is 2.09. The van der Waals surface area contributed by atoms with Gasteiger partial charge < -0.3 is 0 Å². The third-order valence-electron chi connectivity index (χ3n) is 3.06. The Labute approximate surface area is 119 Å². The molecule has 0 bridgehead atoms. The van der Waals surface area contributed by atoms with E-state index in [1.54, 1.807) is 34.7 Å². The van der Waals surface area contributed by atoms with E-state index in [0.717, 1.165) is 15.5 Å². The summed E-state index contributed by atoms with van der Waals surface area (Å²) < 4.78 is 39.0. The predicted octanol–water partition coefficient (Wildman–Crippen LogP) is 5.39. The number of hydrogen-bond donors (Lipinski definition) is 0. The van der Waals surface area contributed by atoms with Crippen LogP contribution in [-0.2, 0) is 0 Å².